The standard InChI is InChI=1S/C33H21N5/c1-4-10-29-28(9-1)33-36-34-21-37(33)32(35-29)24-15-13-22(14-16-24)23-17-19-25(20-18-23)38-30-11-5-2-7-26(30)27-8-3-6-12-31(27)38/h1-21H. The van der Waals surface area contributed by atoms with Crippen LogP contribution >= 0.6 is 0 Å². The summed E-state index contributed by atoms with van der Waals surface area (Å²) in [6.07, 6.45) is 1.73. The van der Waals surface area contributed by atoms with Crippen molar-refractivity contribution in [1.29, 1.82) is 0 Å². The number of fused-ring (bicyclic) bond motifs is 6. The summed E-state index contributed by atoms with van der Waals surface area (Å²) in [5.41, 5.74) is 8.65. The highest BCUT2D eigenvalue weighted by atomic mass is 15.2. The summed E-state index contributed by atoms with van der Waals surface area (Å²) in [5.74, 6) is 0.831. The lowest BCUT2D eigenvalue weighted by atomic mass is 10.0. The second kappa shape index (κ2) is 8.11. The number of rotatable bonds is 3. The Morgan fingerprint density at radius 3 is 1.74 bits per heavy atom. The lowest BCUT2D eigenvalue weighted by molar-refractivity contribution is 1.09. The fourth-order valence-corrected chi connectivity index (χ4v) is 5.52. The highest BCUT2D eigenvalue weighted by Crippen LogP contribution is 2.33. The van der Waals surface area contributed by atoms with Crippen molar-refractivity contribution in [1.82, 2.24) is 24.1 Å². The van der Waals surface area contributed by atoms with Gasteiger partial charge in [0, 0.05) is 27.4 Å². The van der Waals surface area contributed by atoms with Gasteiger partial charge < -0.3 is 4.57 Å². The van der Waals surface area contributed by atoms with E-state index < -0.39 is 0 Å². The number of nitrogens with zero attached hydrogens (tertiary/aromatic N) is 5. The third-order valence-corrected chi connectivity index (χ3v) is 7.33. The molecule has 5 nitrogen and oxygen atoms in total. The Kier molecular flexibility index (Phi) is 4.45. The molecule has 178 valence electrons. The van der Waals surface area contributed by atoms with Crippen molar-refractivity contribution in [3.63, 3.8) is 0 Å². The molecule has 0 saturated heterocycles. The molecule has 8 aromatic rings. The molecule has 5 heteroatoms. The molecule has 0 aliphatic heterocycles. The highest BCUT2D eigenvalue weighted by Gasteiger charge is 2.13. The molecular weight excluding hydrogens is 466 g/mol. The van der Waals surface area contributed by atoms with Crippen LogP contribution in [-0.4, -0.2) is 24.1 Å². The third kappa shape index (κ3) is 3.09. The summed E-state index contributed by atoms with van der Waals surface area (Å²) in [7, 11) is 0. The van der Waals surface area contributed by atoms with Gasteiger partial charge in [0.1, 0.15) is 12.2 Å². The van der Waals surface area contributed by atoms with Crippen LogP contribution < -0.4 is 0 Å². The molecule has 0 N–H and O–H groups in total. The van der Waals surface area contributed by atoms with Gasteiger partial charge in [0.2, 0.25) is 0 Å². The highest BCUT2D eigenvalue weighted by molar-refractivity contribution is 6.09. The zero-order valence-corrected chi connectivity index (χ0v) is 20.4. The van der Waals surface area contributed by atoms with Crippen LogP contribution in [0.4, 0.5) is 0 Å². The van der Waals surface area contributed by atoms with Crippen LogP contribution in [0.1, 0.15) is 0 Å². The van der Waals surface area contributed by atoms with Gasteiger partial charge in [-0.25, -0.2) is 4.98 Å². The SMILES string of the molecule is c1ccc2c(c1)nc(-c1ccc(-c3ccc(-n4c5ccccc5c5ccccc54)cc3)cc1)n1cnnc21. The summed E-state index contributed by atoms with van der Waals surface area (Å²) in [4.78, 5) is 4.92. The van der Waals surface area contributed by atoms with Crippen molar-refractivity contribution in [2.75, 3.05) is 0 Å². The molecule has 38 heavy (non-hydrogen) atoms. The molecule has 0 amide bonds. The quantitative estimate of drug-likeness (QED) is 0.256. The molecule has 3 aromatic heterocycles. The first-order valence-corrected chi connectivity index (χ1v) is 12.6. The van der Waals surface area contributed by atoms with Crippen LogP contribution in [0.2, 0.25) is 0 Å². The van der Waals surface area contributed by atoms with Crippen LogP contribution in [0.3, 0.4) is 0 Å². The second-order valence-electron chi connectivity index (χ2n) is 9.47. The summed E-state index contributed by atoms with van der Waals surface area (Å²) in [6.45, 7) is 0. The van der Waals surface area contributed by atoms with Crippen molar-refractivity contribution < 1.29 is 0 Å². The Balaban J connectivity index is 1.18. The molecule has 0 bridgehead atoms. The van der Waals surface area contributed by atoms with Crippen molar-refractivity contribution >= 4 is 38.4 Å². The second-order valence-corrected chi connectivity index (χ2v) is 9.47. The molecular formula is C33H21N5. The molecule has 3 heterocycles. The zero-order chi connectivity index (χ0) is 25.1. The van der Waals surface area contributed by atoms with Gasteiger partial charge in [-0.1, -0.05) is 84.9 Å². The van der Waals surface area contributed by atoms with E-state index >= 15 is 0 Å². The van der Waals surface area contributed by atoms with E-state index in [4.69, 9.17) is 4.98 Å². The Labute approximate surface area is 218 Å². The minimum atomic E-state index is 0.815. The Morgan fingerprint density at radius 2 is 1.05 bits per heavy atom. The first-order valence-electron chi connectivity index (χ1n) is 12.6. The predicted octanol–water partition coefficient (Wildman–Crippen LogP) is 7.71. The van der Waals surface area contributed by atoms with Gasteiger partial charge in [-0.3, -0.25) is 4.40 Å². The summed E-state index contributed by atoms with van der Waals surface area (Å²) >= 11 is 0. The number of aromatic nitrogens is 5. The van der Waals surface area contributed by atoms with E-state index in [9.17, 15) is 0 Å². The van der Waals surface area contributed by atoms with Gasteiger partial charge in [0.25, 0.3) is 0 Å². The minimum absolute atomic E-state index is 0.815. The van der Waals surface area contributed by atoms with Crippen LogP contribution in [-0.2, 0) is 0 Å². The number of para-hydroxylation sites is 3. The zero-order valence-electron chi connectivity index (χ0n) is 20.4. The van der Waals surface area contributed by atoms with Gasteiger partial charge >= 0.3 is 0 Å². The summed E-state index contributed by atoms with van der Waals surface area (Å²) in [6, 6.07) is 42.6. The first kappa shape index (κ1) is 20.9. The summed E-state index contributed by atoms with van der Waals surface area (Å²) < 4.78 is 4.30. The Bertz CT molecular complexity index is 2060. The first-order chi connectivity index (χ1) is 18.8. The molecule has 0 aliphatic carbocycles. The van der Waals surface area contributed by atoms with E-state index in [1.54, 1.807) is 6.33 Å². The van der Waals surface area contributed by atoms with Crippen molar-refractivity contribution in [3.05, 3.63) is 128 Å². The maximum absolute atomic E-state index is 4.92. The lowest BCUT2D eigenvalue weighted by Crippen LogP contribution is -1.97. The van der Waals surface area contributed by atoms with Gasteiger partial charge in [-0.05, 0) is 47.5 Å². The van der Waals surface area contributed by atoms with Crippen LogP contribution in [0.15, 0.2) is 128 Å². The van der Waals surface area contributed by atoms with Gasteiger partial charge in [-0.15, -0.1) is 10.2 Å². The predicted molar refractivity (Wildman–Crippen MR) is 153 cm³/mol. The molecule has 0 fully saturated rings. The molecule has 8 rings (SSSR count). The van der Waals surface area contributed by atoms with Crippen molar-refractivity contribution in [2.24, 2.45) is 0 Å². The van der Waals surface area contributed by atoms with Crippen LogP contribution in [0.25, 0.3) is 66.6 Å². The fraction of sp³-hybridized carbons (Fsp3) is 0. The van der Waals surface area contributed by atoms with E-state index in [1.807, 2.05) is 28.7 Å². The van der Waals surface area contributed by atoms with Gasteiger partial charge in [0.15, 0.2) is 5.65 Å². The van der Waals surface area contributed by atoms with Crippen LogP contribution in [0.5, 0.6) is 0 Å². The smallest absolute Gasteiger partial charge is 0.171 e. The average molecular weight is 488 g/mol. The van der Waals surface area contributed by atoms with Gasteiger partial charge in [0.05, 0.1) is 16.6 Å². The number of hydrogen-bond acceptors (Lipinski definition) is 3. The molecule has 5 aromatic carbocycles. The Morgan fingerprint density at radius 1 is 0.500 bits per heavy atom. The van der Waals surface area contributed by atoms with E-state index in [1.165, 1.54) is 27.4 Å². The van der Waals surface area contributed by atoms with Gasteiger partial charge in [-0.2, -0.15) is 0 Å². The topological polar surface area (TPSA) is 48.0 Å². The molecule has 0 radical (unpaired) electrons. The fourth-order valence-electron chi connectivity index (χ4n) is 5.52. The molecule has 0 unspecified atom stereocenters. The van der Waals surface area contributed by atoms with E-state index in [2.05, 4.69) is 112 Å². The molecule has 0 saturated carbocycles. The molecule has 0 aliphatic rings. The van der Waals surface area contributed by atoms with Crippen LogP contribution in [0, 0.1) is 0 Å². The maximum atomic E-state index is 4.92. The average Bonchev–Trinajstić information content (AvgIpc) is 3.61. The van der Waals surface area contributed by atoms with E-state index in [0.29, 0.717) is 0 Å². The van der Waals surface area contributed by atoms with Crippen molar-refractivity contribution in [3.8, 4) is 28.2 Å². The normalized spacial score (nSPS) is 11.7. The number of hydrogen-bond donors (Lipinski definition) is 0. The third-order valence-electron chi connectivity index (χ3n) is 7.33. The van der Waals surface area contributed by atoms with Crippen molar-refractivity contribution in [2.45, 2.75) is 0 Å². The van der Waals surface area contributed by atoms with E-state index in [-0.39, 0.29) is 0 Å². The molecule has 0 spiro atoms. The number of benzene rings is 5. The maximum Gasteiger partial charge on any atom is 0.171 e. The van der Waals surface area contributed by atoms with E-state index in [0.717, 1.165) is 39.2 Å². The molecule has 0 atom stereocenters. The summed E-state index contributed by atoms with van der Waals surface area (Å²) in [5, 5.41) is 12.0. The lowest BCUT2D eigenvalue weighted by Gasteiger charge is -2.10. The minimum Gasteiger partial charge on any atom is -0.309 e. The Hall–Kier alpha value is -5.29. The monoisotopic (exact) mass is 487 g/mol. The largest absolute Gasteiger partial charge is 0.309 e.